The van der Waals surface area contributed by atoms with Crippen molar-refractivity contribution in [3.05, 3.63) is 58.4 Å². The van der Waals surface area contributed by atoms with Crippen LogP contribution in [-0.2, 0) is 4.74 Å². The van der Waals surface area contributed by atoms with Gasteiger partial charge < -0.3 is 14.7 Å². The van der Waals surface area contributed by atoms with E-state index in [1.165, 1.54) is 9.78 Å². The van der Waals surface area contributed by atoms with E-state index in [-0.39, 0.29) is 6.04 Å². The van der Waals surface area contributed by atoms with Crippen molar-refractivity contribution in [1.29, 1.82) is 0 Å². The summed E-state index contributed by atoms with van der Waals surface area (Å²) in [6.07, 6.45) is 1.73. The van der Waals surface area contributed by atoms with Crippen molar-refractivity contribution < 1.29 is 14.7 Å². The molecule has 118 valence electrons. The van der Waals surface area contributed by atoms with Crippen LogP contribution in [0.2, 0.25) is 0 Å². The fourth-order valence-corrected chi connectivity index (χ4v) is 4.23. The number of thiophene rings is 1. The second kappa shape index (κ2) is 6.28. The number of hydrogen-bond acceptors (Lipinski definition) is 4. The molecule has 3 heterocycles. The molecule has 23 heavy (non-hydrogen) atoms. The van der Waals surface area contributed by atoms with Gasteiger partial charge in [-0.1, -0.05) is 18.2 Å². The minimum atomic E-state index is 0.130. The zero-order chi connectivity index (χ0) is 15.6. The van der Waals surface area contributed by atoms with Crippen LogP contribution in [0, 0.1) is 0 Å². The van der Waals surface area contributed by atoms with Crippen molar-refractivity contribution in [1.82, 2.24) is 4.98 Å². The fourth-order valence-electron chi connectivity index (χ4n) is 3.33. The molecule has 1 fully saturated rings. The molecular formula is C18H19N2O2S+. The molecule has 0 saturated carbocycles. The van der Waals surface area contributed by atoms with E-state index < -0.39 is 0 Å². The van der Waals surface area contributed by atoms with Gasteiger partial charge in [-0.15, -0.1) is 11.3 Å². The topological polar surface area (TPSA) is 46.8 Å². The monoisotopic (exact) mass is 327 g/mol. The average molecular weight is 327 g/mol. The van der Waals surface area contributed by atoms with Crippen molar-refractivity contribution in [3.63, 3.8) is 0 Å². The Morgan fingerprint density at radius 3 is 2.78 bits per heavy atom. The van der Waals surface area contributed by atoms with E-state index in [0.29, 0.717) is 11.3 Å². The van der Waals surface area contributed by atoms with E-state index in [1.807, 2.05) is 18.2 Å². The Bertz CT molecular complexity index is 798. The van der Waals surface area contributed by atoms with Gasteiger partial charge in [0, 0.05) is 11.6 Å². The second-order valence-electron chi connectivity index (χ2n) is 5.80. The molecule has 1 atom stereocenters. The van der Waals surface area contributed by atoms with Gasteiger partial charge in [-0.25, -0.2) is 0 Å². The lowest BCUT2D eigenvalue weighted by Crippen LogP contribution is -3.14. The number of nitrogens with one attached hydrogen (secondary N) is 1. The van der Waals surface area contributed by atoms with Crippen molar-refractivity contribution >= 4 is 22.2 Å². The zero-order valence-electron chi connectivity index (χ0n) is 12.7. The van der Waals surface area contributed by atoms with Gasteiger partial charge in [0.1, 0.15) is 18.6 Å². The normalized spacial score (nSPS) is 17.4. The maximum atomic E-state index is 10.8. The third kappa shape index (κ3) is 2.72. The molecule has 0 amide bonds. The van der Waals surface area contributed by atoms with Crippen LogP contribution in [0.1, 0.15) is 16.5 Å². The summed E-state index contributed by atoms with van der Waals surface area (Å²) in [4.78, 5) is 7.08. The molecule has 0 radical (unpaired) electrons. The van der Waals surface area contributed by atoms with Gasteiger partial charge in [0.25, 0.3) is 0 Å². The number of aromatic nitrogens is 1. The molecule has 0 spiro atoms. The molecule has 4 rings (SSSR count). The van der Waals surface area contributed by atoms with E-state index in [0.717, 1.165) is 37.3 Å². The Labute approximate surface area is 139 Å². The molecule has 1 aliphatic rings. The highest BCUT2D eigenvalue weighted by atomic mass is 32.1. The van der Waals surface area contributed by atoms with Crippen LogP contribution in [0.25, 0.3) is 10.9 Å². The van der Waals surface area contributed by atoms with Crippen LogP contribution in [0.3, 0.4) is 0 Å². The van der Waals surface area contributed by atoms with Gasteiger partial charge in [0.2, 0.25) is 0 Å². The molecule has 0 aliphatic carbocycles. The first-order valence-corrected chi connectivity index (χ1v) is 8.75. The molecule has 0 bridgehead atoms. The van der Waals surface area contributed by atoms with E-state index in [4.69, 9.17) is 4.74 Å². The number of quaternary nitrogens is 1. The summed E-state index contributed by atoms with van der Waals surface area (Å²) in [7, 11) is 0. The number of benzene rings is 1. The first kappa shape index (κ1) is 14.6. The number of ether oxygens (including phenoxy) is 1. The Kier molecular flexibility index (Phi) is 3.99. The predicted molar refractivity (Wildman–Crippen MR) is 91.1 cm³/mol. The first-order chi connectivity index (χ1) is 11.3. The molecule has 4 nitrogen and oxygen atoms in total. The van der Waals surface area contributed by atoms with Gasteiger partial charge in [0.05, 0.1) is 23.7 Å². The molecule has 1 aromatic carbocycles. The smallest absolute Gasteiger partial charge is 0.152 e. The molecule has 2 N–H and O–H groups in total. The summed E-state index contributed by atoms with van der Waals surface area (Å²) in [5, 5.41) is 13.9. The molecule has 2 aromatic heterocycles. The molecule has 1 aliphatic heterocycles. The SMILES string of the molecule is Oc1c(C(c2cccs2)[NH+]2CCOCC2)ccc2cccnc12. The number of nitrogens with zero attached hydrogens (tertiary/aromatic N) is 1. The Balaban J connectivity index is 1.84. The number of aromatic hydroxyl groups is 1. The summed E-state index contributed by atoms with van der Waals surface area (Å²) in [6, 6.07) is 12.3. The fraction of sp³-hybridized carbons (Fsp3) is 0.278. The molecule has 1 saturated heterocycles. The standard InChI is InChI=1S/C18H18N2O2S/c21-18-14(6-5-13-3-1-7-19-16(13)18)17(15-4-2-12-23-15)20-8-10-22-11-9-20/h1-7,12,17,21H,8-11H2/p+1. The van der Waals surface area contributed by atoms with Crippen LogP contribution in [0.15, 0.2) is 48.0 Å². The highest BCUT2D eigenvalue weighted by molar-refractivity contribution is 7.10. The van der Waals surface area contributed by atoms with Gasteiger partial charge in [0.15, 0.2) is 11.8 Å². The highest BCUT2D eigenvalue weighted by Gasteiger charge is 2.31. The molecule has 5 heteroatoms. The first-order valence-electron chi connectivity index (χ1n) is 7.87. The van der Waals surface area contributed by atoms with E-state index in [1.54, 1.807) is 17.5 Å². The Morgan fingerprint density at radius 1 is 1.13 bits per heavy atom. The summed E-state index contributed by atoms with van der Waals surface area (Å²) in [5.41, 5.74) is 1.63. The van der Waals surface area contributed by atoms with Crippen molar-refractivity contribution in [2.45, 2.75) is 6.04 Å². The summed E-state index contributed by atoms with van der Waals surface area (Å²) >= 11 is 1.74. The zero-order valence-corrected chi connectivity index (χ0v) is 13.6. The number of pyridine rings is 1. The summed E-state index contributed by atoms with van der Waals surface area (Å²) in [6.45, 7) is 3.43. The van der Waals surface area contributed by atoms with Crippen LogP contribution in [0.5, 0.6) is 5.75 Å². The van der Waals surface area contributed by atoms with Crippen molar-refractivity contribution in [2.24, 2.45) is 0 Å². The quantitative estimate of drug-likeness (QED) is 0.773. The molecular weight excluding hydrogens is 308 g/mol. The van der Waals surface area contributed by atoms with Gasteiger partial charge in [-0.05, 0) is 23.6 Å². The average Bonchev–Trinajstić information content (AvgIpc) is 3.13. The van der Waals surface area contributed by atoms with E-state index >= 15 is 0 Å². The lowest BCUT2D eigenvalue weighted by atomic mass is 9.99. The lowest BCUT2D eigenvalue weighted by molar-refractivity contribution is -0.932. The minimum Gasteiger partial charge on any atom is -0.505 e. The van der Waals surface area contributed by atoms with Crippen molar-refractivity contribution in [3.8, 4) is 5.75 Å². The van der Waals surface area contributed by atoms with E-state index in [2.05, 4.69) is 28.6 Å². The highest BCUT2D eigenvalue weighted by Crippen LogP contribution is 2.34. The second-order valence-corrected chi connectivity index (χ2v) is 6.78. The summed E-state index contributed by atoms with van der Waals surface area (Å²) < 4.78 is 5.51. The van der Waals surface area contributed by atoms with Crippen LogP contribution >= 0.6 is 11.3 Å². The third-order valence-electron chi connectivity index (χ3n) is 4.46. The van der Waals surface area contributed by atoms with Gasteiger partial charge in [-0.2, -0.15) is 0 Å². The lowest BCUT2D eigenvalue weighted by Gasteiger charge is -2.31. The van der Waals surface area contributed by atoms with Gasteiger partial charge in [-0.3, -0.25) is 4.98 Å². The Hall–Kier alpha value is -1.95. The number of rotatable bonds is 3. The number of morpholine rings is 1. The molecule has 1 unspecified atom stereocenters. The number of phenols is 1. The van der Waals surface area contributed by atoms with Crippen molar-refractivity contribution in [2.75, 3.05) is 26.3 Å². The Morgan fingerprint density at radius 2 is 2.00 bits per heavy atom. The predicted octanol–water partition coefficient (Wildman–Crippen LogP) is 2.01. The number of fused-ring (bicyclic) bond motifs is 1. The van der Waals surface area contributed by atoms with E-state index in [9.17, 15) is 5.11 Å². The van der Waals surface area contributed by atoms with Crippen LogP contribution in [0.4, 0.5) is 0 Å². The third-order valence-corrected chi connectivity index (χ3v) is 5.40. The number of phenolic OH excluding ortho intramolecular Hbond substituents is 1. The van der Waals surface area contributed by atoms with Gasteiger partial charge >= 0.3 is 0 Å². The minimum absolute atomic E-state index is 0.130. The largest absolute Gasteiger partial charge is 0.505 e. The maximum absolute atomic E-state index is 10.8. The van der Waals surface area contributed by atoms with Crippen LogP contribution in [-0.4, -0.2) is 36.4 Å². The summed E-state index contributed by atoms with van der Waals surface area (Å²) in [5.74, 6) is 0.306. The maximum Gasteiger partial charge on any atom is 0.152 e. The number of hydrogen-bond donors (Lipinski definition) is 2. The molecule has 3 aromatic rings. The van der Waals surface area contributed by atoms with Crippen LogP contribution < -0.4 is 4.90 Å².